The first-order valence-electron chi connectivity index (χ1n) is 6.82. The minimum atomic E-state index is 0.0725. The maximum Gasteiger partial charge on any atom is 0.254 e. The summed E-state index contributed by atoms with van der Waals surface area (Å²) >= 11 is 5.86. The Hall–Kier alpha value is -1.13. The average molecular weight is 280 g/mol. The molecular weight excluding hydrogens is 262 g/mol. The van der Waals surface area contributed by atoms with Crippen LogP contribution in [-0.4, -0.2) is 52.4 Å². The molecule has 2 fully saturated rings. The largest absolute Gasteiger partial charge is 0.333 e. The summed E-state index contributed by atoms with van der Waals surface area (Å²) in [4.78, 5) is 21.0. The Labute approximate surface area is 118 Å². The fraction of sp³-hybridized carbons (Fsp3) is 0.571. The lowest BCUT2D eigenvalue weighted by Crippen LogP contribution is -2.56. The van der Waals surface area contributed by atoms with Gasteiger partial charge >= 0.3 is 0 Å². The van der Waals surface area contributed by atoms with E-state index in [1.54, 1.807) is 18.3 Å². The fourth-order valence-electron chi connectivity index (χ4n) is 3.17. The van der Waals surface area contributed by atoms with E-state index in [2.05, 4.69) is 16.8 Å². The monoisotopic (exact) mass is 279 g/mol. The van der Waals surface area contributed by atoms with Crippen molar-refractivity contribution in [2.45, 2.75) is 31.8 Å². The molecule has 0 aromatic carbocycles. The maximum atomic E-state index is 12.6. The van der Waals surface area contributed by atoms with Crippen molar-refractivity contribution in [1.82, 2.24) is 14.8 Å². The number of piperazine rings is 1. The van der Waals surface area contributed by atoms with E-state index in [4.69, 9.17) is 11.6 Å². The number of amides is 1. The lowest BCUT2D eigenvalue weighted by Gasteiger charge is -2.42. The van der Waals surface area contributed by atoms with Gasteiger partial charge in [-0.25, -0.2) is 4.98 Å². The molecule has 0 radical (unpaired) electrons. The summed E-state index contributed by atoms with van der Waals surface area (Å²) in [6.07, 6.45) is 4.04. The van der Waals surface area contributed by atoms with Crippen LogP contribution >= 0.6 is 11.6 Å². The lowest BCUT2D eigenvalue weighted by atomic mass is 10.1. The van der Waals surface area contributed by atoms with Gasteiger partial charge in [-0.3, -0.25) is 9.69 Å². The first-order chi connectivity index (χ1) is 9.15. The van der Waals surface area contributed by atoms with Crippen molar-refractivity contribution in [1.29, 1.82) is 0 Å². The van der Waals surface area contributed by atoms with Crippen LogP contribution < -0.4 is 0 Å². The van der Waals surface area contributed by atoms with Crippen LogP contribution in [0.5, 0.6) is 0 Å². The highest BCUT2D eigenvalue weighted by Crippen LogP contribution is 2.25. The van der Waals surface area contributed by atoms with E-state index in [9.17, 15) is 4.79 Å². The molecule has 2 aliphatic heterocycles. The number of nitrogens with zero attached hydrogens (tertiary/aromatic N) is 3. The summed E-state index contributed by atoms with van der Waals surface area (Å²) in [5, 5.41) is 0.373. The first kappa shape index (κ1) is 12.9. The van der Waals surface area contributed by atoms with Crippen LogP contribution in [0.25, 0.3) is 0 Å². The molecule has 19 heavy (non-hydrogen) atoms. The second kappa shape index (κ2) is 5.10. The molecule has 1 aromatic heterocycles. The summed E-state index contributed by atoms with van der Waals surface area (Å²) < 4.78 is 0. The average Bonchev–Trinajstić information content (AvgIpc) is 2.84. The van der Waals surface area contributed by atoms with Crippen LogP contribution in [0.15, 0.2) is 18.3 Å². The number of pyridine rings is 1. The molecule has 3 heterocycles. The Morgan fingerprint density at radius 1 is 1.47 bits per heavy atom. The molecule has 5 heteroatoms. The minimum absolute atomic E-state index is 0.0725. The van der Waals surface area contributed by atoms with Gasteiger partial charge in [0.1, 0.15) is 5.15 Å². The van der Waals surface area contributed by atoms with Crippen LogP contribution in [0.2, 0.25) is 5.15 Å². The third-order valence-electron chi connectivity index (χ3n) is 4.17. The predicted molar refractivity (Wildman–Crippen MR) is 74.3 cm³/mol. The van der Waals surface area contributed by atoms with Crippen LogP contribution in [0.4, 0.5) is 0 Å². The fourth-order valence-corrected chi connectivity index (χ4v) is 3.35. The van der Waals surface area contributed by atoms with Crippen LogP contribution in [0.1, 0.15) is 30.1 Å². The van der Waals surface area contributed by atoms with Crippen molar-refractivity contribution in [2.75, 3.05) is 19.6 Å². The quantitative estimate of drug-likeness (QED) is 0.738. The summed E-state index contributed by atoms with van der Waals surface area (Å²) in [5.41, 5.74) is 0.637. The zero-order valence-electron chi connectivity index (χ0n) is 11.1. The molecule has 2 aliphatic rings. The summed E-state index contributed by atoms with van der Waals surface area (Å²) in [6.45, 7) is 5.11. The third kappa shape index (κ3) is 2.47. The highest BCUT2D eigenvalue weighted by molar-refractivity contribution is 6.29. The zero-order valence-corrected chi connectivity index (χ0v) is 11.8. The van der Waals surface area contributed by atoms with E-state index >= 15 is 0 Å². The van der Waals surface area contributed by atoms with E-state index in [1.807, 2.05) is 4.90 Å². The van der Waals surface area contributed by atoms with Gasteiger partial charge < -0.3 is 4.90 Å². The molecule has 102 valence electrons. The van der Waals surface area contributed by atoms with Gasteiger partial charge in [0.2, 0.25) is 0 Å². The molecular formula is C14H18ClN3O. The number of hydrogen-bond donors (Lipinski definition) is 0. The normalized spacial score (nSPS) is 27.4. The van der Waals surface area contributed by atoms with Crippen molar-refractivity contribution in [2.24, 2.45) is 0 Å². The molecule has 2 unspecified atom stereocenters. The van der Waals surface area contributed by atoms with Crippen LogP contribution in [-0.2, 0) is 0 Å². The van der Waals surface area contributed by atoms with Crippen molar-refractivity contribution in [3.8, 4) is 0 Å². The minimum Gasteiger partial charge on any atom is -0.333 e. The Kier molecular flexibility index (Phi) is 3.46. The highest BCUT2D eigenvalue weighted by Gasteiger charge is 2.36. The smallest absolute Gasteiger partial charge is 0.254 e. The number of carbonyl (C=O) groups excluding carboxylic acids is 1. The molecule has 4 nitrogen and oxygen atoms in total. The van der Waals surface area contributed by atoms with Gasteiger partial charge in [0.05, 0.1) is 0 Å². The number of aromatic nitrogens is 1. The Morgan fingerprint density at radius 2 is 2.32 bits per heavy atom. The number of carbonyl (C=O) groups is 1. The van der Waals surface area contributed by atoms with Gasteiger partial charge in [0, 0.05) is 36.9 Å². The van der Waals surface area contributed by atoms with Gasteiger partial charge in [0.25, 0.3) is 5.91 Å². The number of halogens is 1. The van der Waals surface area contributed by atoms with Gasteiger partial charge in [-0.1, -0.05) is 11.6 Å². The van der Waals surface area contributed by atoms with Gasteiger partial charge in [-0.05, 0) is 38.4 Å². The van der Waals surface area contributed by atoms with E-state index in [0.29, 0.717) is 16.8 Å². The molecule has 1 aromatic rings. The highest BCUT2D eigenvalue weighted by atomic mass is 35.5. The molecule has 0 bridgehead atoms. The predicted octanol–water partition coefficient (Wildman–Crippen LogP) is 2.04. The van der Waals surface area contributed by atoms with Crippen LogP contribution in [0, 0.1) is 0 Å². The Bertz CT molecular complexity index is 493. The zero-order chi connectivity index (χ0) is 13.4. The van der Waals surface area contributed by atoms with Gasteiger partial charge in [-0.15, -0.1) is 0 Å². The standard InChI is InChI=1S/C14H18ClN3O/c1-10-8-17-6-2-3-12(17)9-18(10)14(19)11-4-5-16-13(15)7-11/h4-5,7,10,12H,2-3,6,8-9H2,1H3. The summed E-state index contributed by atoms with van der Waals surface area (Å²) in [6, 6.07) is 4.19. The summed E-state index contributed by atoms with van der Waals surface area (Å²) in [5.74, 6) is 0.0725. The molecule has 2 saturated heterocycles. The lowest BCUT2D eigenvalue weighted by molar-refractivity contribution is 0.0395. The molecule has 0 aliphatic carbocycles. The second-order valence-electron chi connectivity index (χ2n) is 5.46. The van der Waals surface area contributed by atoms with Crippen LogP contribution in [0.3, 0.4) is 0 Å². The topological polar surface area (TPSA) is 36.4 Å². The molecule has 3 rings (SSSR count). The van der Waals surface area contributed by atoms with E-state index in [0.717, 1.165) is 13.1 Å². The molecule has 0 saturated carbocycles. The SMILES string of the molecule is CC1CN2CCCC2CN1C(=O)c1ccnc(Cl)c1. The molecule has 1 amide bonds. The molecule has 0 N–H and O–H groups in total. The second-order valence-corrected chi connectivity index (χ2v) is 5.85. The number of hydrogen-bond acceptors (Lipinski definition) is 3. The third-order valence-corrected chi connectivity index (χ3v) is 4.38. The van der Waals surface area contributed by atoms with Crippen molar-refractivity contribution in [3.05, 3.63) is 29.0 Å². The van der Waals surface area contributed by atoms with E-state index < -0.39 is 0 Å². The summed E-state index contributed by atoms with van der Waals surface area (Å²) in [7, 11) is 0. The number of fused-ring (bicyclic) bond motifs is 1. The molecule has 2 atom stereocenters. The van der Waals surface area contributed by atoms with E-state index in [1.165, 1.54) is 19.4 Å². The van der Waals surface area contributed by atoms with E-state index in [-0.39, 0.29) is 11.9 Å². The van der Waals surface area contributed by atoms with Crippen molar-refractivity contribution < 1.29 is 4.79 Å². The maximum absolute atomic E-state index is 12.6. The van der Waals surface area contributed by atoms with Gasteiger partial charge in [0.15, 0.2) is 0 Å². The Morgan fingerprint density at radius 3 is 3.11 bits per heavy atom. The Balaban J connectivity index is 1.79. The van der Waals surface area contributed by atoms with Crippen molar-refractivity contribution >= 4 is 17.5 Å². The number of rotatable bonds is 1. The van der Waals surface area contributed by atoms with Gasteiger partial charge in [-0.2, -0.15) is 0 Å². The molecule has 0 spiro atoms. The first-order valence-corrected chi connectivity index (χ1v) is 7.19. The van der Waals surface area contributed by atoms with Crippen molar-refractivity contribution in [3.63, 3.8) is 0 Å².